The summed E-state index contributed by atoms with van der Waals surface area (Å²) in [5.74, 6) is -0.158. The Labute approximate surface area is 129 Å². The molecule has 1 atom stereocenters. The second-order valence-electron chi connectivity index (χ2n) is 4.30. The van der Waals surface area contributed by atoms with Gasteiger partial charge in [-0.2, -0.15) is 0 Å². The molecule has 0 spiro atoms. The lowest BCUT2D eigenvalue weighted by molar-refractivity contribution is 0.553. The van der Waals surface area contributed by atoms with Crippen LogP contribution in [-0.4, -0.2) is 7.05 Å². The Morgan fingerprint density at radius 2 is 1.89 bits per heavy atom. The molecule has 0 aliphatic heterocycles. The number of rotatable bonds is 4. The monoisotopic (exact) mass is 385 g/mol. The Bertz CT molecular complexity index is 572. The highest BCUT2D eigenvalue weighted by Gasteiger charge is 2.15. The Morgan fingerprint density at radius 1 is 1.16 bits per heavy atom. The fraction of sp³-hybridized carbons (Fsp3) is 0.200. The predicted octanol–water partition coefficient (Wildman–Crippen LogP) is 4.85. The third kappa shape index (κ3) is 3.65. The van der Waals surface area contributed by atoms with Gasteiger partial charge < -0.3 is 5.32 Å². The van der Waals surface area contributed by atoms with Gasteiger partial charge in [-0.1, -0.05) is 50.1 Å². The Kier molecular flexibility index (Phi) is 5.13. The van der Waals surface area contributed by atoms with Crippen LogP contribution in [0, 0.1) is 5.82 Å². The van der Waals surface area contributed by atoms with Crippen molar-refractivity contribution in [3.05, 3.63) is 68.4 Å². The van der Waals surface area contributed by atoms with Gasteiger partial charge in [-0.25, -0.2) is 4.39 Å². The molecule has 19 heavy (non-hydrogen) atoms. The number of hydrogen-bond donors (Lipinski definition) is 1. The van der Waals surface area contributed by atoms with Crippen molar-refractivity contribution in [2.75, 3.05) is 7.05 Å². The molecule has 1 unspecified atom stereocenters. The fourth-order valence-electron chi connectivity index (χ4n) is 2.03. The fourth-order valence-corrected chi connectivity index (χ4v) is 2.93. The van der Waals surface area contributed by atoms with Crippen LogP contribution in [0.4, 0.5) is 4.39 Å². The van der Waals surface area contributed by atoms with Gasteiger partial charge >= 0.3 is 0 Å². The molecule has 0 aliphatic carbocycles. The smallest absolute Gasteiger partial charge is 0.126 e. The van der Waals surface area contributed by atoms with E-state index in [9.17, 15) is 4.39 Å². The van der Waals surface area contributed by atoms with Crippen molar-refractivity contribution >= 4 is 31.9 Å². The standard InChI is InChI=1S/C15H14Br2FN/c1-19-15(8-10-4-2-3-5-14(10)18)12-9-11(16)6-7-13(12)17/h2-7,9,15,19H,8H2,1H3. The lowest BCUT2D eigenvalue weighted by atomic mass is 9.99. The highest BCUT2D eigenvalue weighted by Crippen LogP contribution is 2.29. The molecular weight excluding hydrogens is 373 g/mol. The van der Waals surface area contributed by atoms with Crippen molar-refractivity contribution in [3.63, 3.8) is 0 Å². The second kappa shape index (κ2) is 6.64. The van der Waals surface area contributed by atoms with Gasteiger partial charge in [0.15, 0.2) is 0 Å². The zero-order valence-corrected chi connectivity index (χ0v) is 13.6. The van der Waals surface area contributed by atoms with Gasteiger partial charge in [0.25, 0.3) is 0 Å². The minimum atomic E-state index is -0.158. The Balaban J connectivity index is 2.30. The van der Waals surface area contributed by atoms with E-state index in [1.54, 1.807) is 6.07 Å². The summed E-state index contributed by atoms with van der Waals surface area (Å²) in [7, 11) is 1.89. The van der Waals surface area contributed by atoms with E-state index < -0.39 is 0 Å². The van der Waals surface area contributed by atoms with E-state index in [-0.39, 0.29) is 11.9 Å². The van der Waals surface area contributed by atoms with E-state index in [1.165, 1.54) is 6.07 Å². The summed E-state index contributed by atoms with van der Waals surface area (Å²) in [4.78, 5) is 0. The number of halogens is 3. The van der Waals surface area contributed by atoms with E-state index in [1.807, 2.05) is 37.4 Å². The molecule has 0 saturated carbocycles. The summed E-state index contributed by atoms with van der Waals surface area (Å²) in [5, 5.41) is 3.24. The maximum absolute atomic E-state index is 13.7. The van der Waals surface area contributed by atoms with Crippen LogP contribution in [0.5, 0.6) is 0 Å². The van der Waals surface area contributed by atoms with Gasteiger partial charge in [0.05, 0.1) is 0 Å². The molecule has 1 nitrogen and oxygen atoms in total. The third-order valence-electron chi connectivity index (χ3n) is 3.06. The third-order valence-corrected chi connectivity index (χ3v) is 4.28. The number of nitrogens with one attached hydrogen (secondary N) is 1. The molecule has 0 aliphatic rings. The molecular formula is C15H14Br2FN. The number of hydrogen-bond acceptors (Lipinski definition) is 1. The number of likely N-dealkylation sites (N-methyl/N-ethyl adjacent to an activating group) is 1. The minimum absolute atomic E-state index is 0.0591. The van der Waals surface area contributed by atoms with E-state index >= 15 is 0 Å². The molecule has 0 bridgehead atoms. The highest BCUT2D eigenvalue weighted by molar-refractivity contribution is 9.11. The SMILES string of the molecule is CNC(Cc1ccccc1F)c1cc(Br)ccc1Br. The minimum Gasteiger partial charge on any atom is -0.313 e. The molecule has 0 amide bonds. The van der Waals surface area contributed by atoms with E-state index in [0.29, 0.717) is 12.0 Å². The summed E-state index contributed by atoms with van der Waals surface area (Å²) in [6.45, 7) is 0. The molecule has 0 saturated heterocycles. The first-order valence-electron chi connectivity index (χ1n) is 5.97. The summed E-state index contributed by atoms with van der Waals surface area (Å²) < 4.78 is 15.8. The van der Waals surface area contributed by atoms with Crippen LogP contribution < -0.4 is 5.32 Å². The topological polar surface area (TPSA) is 12.0 Å². The van der Waals surface area contributed by atoms with Crippen LogP contribution >= 0.6 is 31.9 Å². The van der Waals surface area contributed by atoms with Crippen molar-refractivity contribution in [3.8, 4) is 0 Å². The van der Waals surface area contributed by atoms with Crippen LogP contribution in [0.25, 0.3) is 0 Å². The Morgan fingerprint density at radius 3 is 2.58 bits per heavy atom. The maximum atomic E-state index is 13.7. The van der Waals surface area contributed by atoms with Gasteiger partial charge in [0.1, 0.15) is 5.82 Å². The van der Waals surface area contributed by atoms with E-state index in [0.717, 1.165) is 14.5 Å². The molecule has 0 heterocycles. The summed E-state index contributed by atoms with van der Waals surface area (Å²) in [5.41, 5.74) is 1.83. The molecule has 100 valence electrons. The first-order valence-corrected chi connectivity index (χ1v) is 7.56. The molecule has 4 heteroatoms. The molecule has 0 aromatic heterocycles. The molecule has 2 aromatic carbocycles. The maximum Gasteiger partial charge on any atom is 0.126 e. The average Bonchev–Trinajstić information content (AvgIpc) is 2.41. The Hall–Kier alpha value is -0.710. The number of benzene rings is 2. The first kappa shape index (κ1) is 14.7. The average molecular weight is 387 g/mol. The van der Waals surface area contributed by atoms with Crippen molar-refractivity contribution in [1.29, 1.82) is 0 Å². The van der Waals surface area contributed by atoms with Crippen molar-refractivity contribution in [2.45, 2.75) is 12.5 Å². The van der Waals surface area contributed by atoms with Gasteiger partial charge in [-0.15, -0.1) is 0 Å². The second-order valence-corrected chi connectivity index (χ2v) is 6.07. The predicted molar refractivity (Wildman–Crippen MR) is 83.7 cm³/mol. The molecule has 0 fully saturated rings. The van der Waals surface area contributed by atoms with Gasteiger partial charge in [0, 0.05) is 15.0 Å². The summed E-state index contributed by atoms with van der Waals surface area (Å²) in [6, 6.07) is 13.0. The van der Waals surface area contributed by atoms with Crippen LogP contribution in [0.2, 0.25) is 0 Å². The molecule has 1 N–H and O–H groups in total. The van der Waals surface area contributed by atoms with Gasteiger partial charge in [0.2, 0.25) is 0 Å². The van der Waals surface area contributed by atoms with Crippen molar-refractivity contribution in [2.24, 2.45) is 0 Å². The van der Waals surface area contributed by atoms with E-state index in [2.05, 4.69) is 37.2 Å². The highest BCUT2D eigenvalue weighted by atomic mass is 79.9. The lowest BCUT2D eigenvalue weighted by Crippen LogP contribution is -2.19. The summed E-state index contributed by atoms with van der Waals surface area (Å²) >= 11 is 7.02. The van der Waals surface area contributed by atoms with Crippen LogP contribution in [-0.2, 0) is 6.42 Å². The van der Waals surface area contributed by atoms with Crippen LogP contribution in [0.1, 0.15) is 17.2 Å². The van der Waals surface area contributed by atoms with Crippen LogP contribution in [0.15, 0.2) is 51.4 Å². The normalized spacial score (nSPS) is 12.4. The molecule has 2 rings (SSSR count). The van der Waals surface area contributed by atoms with Gasteiger partial charge in [-0.3, -0.25) is 0 Å². The largest absolute Gasteiger partial charge is 0.313 e. The van der Waals surface area contributed by atoms with Gasteiger partial charge in [-0.05, 0) is 48.9 Å². The molecule has 2 aromatic rings. The van der Waals surface area contributed by atoms with E-state index in [4.69, 9.17) is 0 Å². The zero-order valence-electron chi connectivity index (χ0n) is 10.5. The first-order chi connectivity index (χ1) is 9.11. The van der Waals surface area contributed by atoms with Crippen molar-refractivity contribution < 1.29 is 4.39 Å². The van der Waals surface area contributed by atoms with Crippen molar-refractivity contribution in [1.82, 2.24) is 5.32 Å². The summed E-state index contributed by atoms with van der Waals surface area (Å²) in [6.07, 6.45) is 0.609. The van der Waals surface area contributed by atoms with Crippen LogP contribution in [0.3, 0.4) is 0 Å². The lowest BCUT2D eigenvalue weighted by Gasteiger charge is -2.19. The zero-order chi connectivity index (χ0) is 13.8. The quantitative estimate of drug-likeness (QED) is 0.791. The molecule has 0 radical (unpaired) electrons.